The molecular weight excluding hydrogens is 196 g/mol. The van der Waals surface area contributed by atoms with E-state index < -0.39 is 0 Å². The molecule has 2 aromatic heterocycles. The van der Waals surface area contributed by atoms with E-state index in [1.165, 1.54) is 11.1 Å². The Kier molecular flexibility index (Phi) is 5.86. The summed E-state index contributed by atoms with van der Waals surface area (Å²) >= 11 is 0. The van der Waals surface area contributed by atoms with E-state index in [9.17, 15) is 0 Å². The summed E-state index contributed by atoms with van der Waals surface area (Å²) < 4.78 is 0. The lowest BCUT2D eigenvalue weighted by Crippen LogP contribution is -1.77. The summed E-state index contributed by atoms with van der Waals surface area (Å²) in [5.41, 5.74) is 2.65. The molecule has 0 saturated carbocycles. The molecule has 0 unspecified atom stereocenters. The van der Waals surface area contributed by atoms with Gasteiger partial charge in [-0.25, -0.2) is 0 Å². The molecule has 0 saturated heterocycles. The molecule has 0 aliphatic rings. The second-order valence-corrected chi connectivity index (χ2v) is 3.42. The van der Waals surface area contributed by atoms with Gasteiger partial charge in [0, 0.05) is 24.8 Å². The predicted molar refractivity (Wildman–Crippen MR) is 67.2 cm³/mol. The lowest BCUT2D eigenvalue weighted by atomic mass is 10.2. The van der Waals surface area contributed by atoms with Gasteiger partial charge in [-0.05, 0) is 42.2 Å². The van der Waals surface area contributed by atoms with Gasteiger partial charge in [-0.2, -0.15) is 0 Å². The maximum atomic E-state index is 3.96. The Bertz CT molecular complexity index is 331. The van der Waals surface area contributed by atoms with Gasteiger partial charge >= 0.3 is 0 Å². The quantitative estimate of drug-likeness (QED) is 0.766. The fraction of sp³-hybridized carbons (Fsp3) is 0.286. The molecule has 0 N–H and O–H groups in total. The Morgan fingerprint density at radius 1 is 0.812 bits per heavy atom. The summed E-state index contributed by atoms with van der Waals surface area (Å²) in [7, 11) is 0. The minimum atomic E-state index is 1.08. The number of nitrogens with zero attached hydrogens (tertiary/aromatic N) is 2. The standard InChI is InChI=1S/2C7H9N/c1-2-7-3-5-8-6-4-7;1-2-7-4-3-5-8-6-7/h2*3-6H,2H2,1H3. The van der Waals surface area contributed by atoms with Crippen LogP contribution in [0.3, 0.4) is 0 Å². The molecule has 84 valence electrons. The molecule has 0 atom stereocenters. The number of hydrogen-bond donors (Lipinski definition) is 0. The van der Waals surface area contributed by atoms with Gasteiger partial charge in [0.25, 0.3) is 0 Å². The van der Waals surface area contributed by atoms with Crippen LogP contribution in [-0.2, 0) is 12.8 Å². The van der Waals surface area contributed by atoms with Crippen molar-refractivity contribution in [3.8, 4) is 0 Å². The number of aryl methyl sites for hydroxylation is 2. The van der Waals surface area contributed by atoms with Crippen LogP contribution in [0.1, 0.15) is 25.0 Å². The van der Waals surface area contributed by atoms with Gasteiger partial charge in [-0.15, -0.1) is 0 Å². The highest BCUT2D eigenvalue weighted by Gasteiger charge is 1.81. The van der Waals surface area contributed by atoms with Crippen LogP contribution in [0.5, 0.6) is 0 Å². The summed E-state index contributed by atoms with van der Waals surface area (Å²) in [4.78, 5) is 7.85. The average Bonchev–Trinajstić information content (AvgIpc) is 2.41. The molecule has 0 amide bonds. The molecule has 0 spiro atoms. The molecule has 2 nitrogen and oxygen atoms in total. The van der Waals surface area contributed by atoms with Crippen LogP contribution in [0.25, 0.3) is 0 Å². The van der Waals surface area contributed by atoms with Crippen molar-refractivity contribution in [2.24, 2.45) is 0 Å². The van der Waals surface area contributed by atoms with E-state index in [2.05, 4.69) is 29.9 Å². The minimum absolute atomic E-state index is 1.08. The van der Waals surface area contributed by atoms with Gasteiger partial charge in [-0.3, -0.25) is 9.97 Å². The summed E-state index contributed by atoms with van der Waals surface area (Å²) in [5, 5.41) is 0. The Labute approximate surface area is 97.4 Å². The third-order valence-corrected chi connectivity index (χ3v) is 2.29. The van der Waals surface area contributed by atoms with Crippen LogP contribution in [0, 0.1) is 0 Å². The van der Waals surface area contributed by atoms with Gasteiger partial charge < -0.3 is 0 Å². The topological polar surface area (TPSA) is 25.8 Å². The highest BCUT2D eigenvalue weighted by atomic mass is 14.6. The van der Waals surface area contributed by atoms with Crippen molar-refractivity contribution in [3.05, 3.63) is 60.2 Å². The summed E-state index contributed by atoms with van der Waals surface area (Å²) in [6, 6.07) is 8.09. The average molecular weight is 214 g/mol. The largest absolute Gasteiger partial charge is 0.265 e. The third kappa shape index (κ3) is 4.69. The van der Waals surface area contributed by atoms with Crippen molar-refractivity contribution in [3.63, 3.8) is 0 Å². The molecule has 2 heterocycles. The van der Waals surface area contributed by atoms with Crippen molar-refractivity contribution in [1.82, 2.24) is 9.97 Å². The second kappa shape index (κ2) is 7.57. The lowest BCUT2D eigenvalue weighted by Gasteiger charge is -1.89. The first-order valence-electron chi connectivity index (χ1n) is 5.64. The second-order valence-electron chi connectivity index (χ2n) is 3.42. The first-order valence-corrected chi connectivity index (χ1v) is 5.64. The molecule has 0 fully saturated rings. The van der Waals surface area contributed by atoms with Gasteiger partial charge in [-0.1, -0.05) is 19.9 Å². The van der Waals surface area contributed by atoms with Crippen molar-refractivity contribution >= 4 is 0 Å². The molecule has 0 aliphatic heterocycles. The highest BCUT2D eigenvalue weighted by Crippen LogP contribution is 1.94. The van der Waals surface area contributed by atoms with Gasteiger partial charge in [0.2, 0.25) is 0 Å². The first-order chi connectivity index (χ1) is 7.86. The maximum absolute atomic E-state index is 3.96. The summed E-state index contributed by atoms with van der Waals surface area (Å²) in [5.74, 6) is 0. The van der Waals surface area contributed by atoms with Crippen molar-refractivity contribution in [2.75, 3.05) is 0 Å². The predicted octanol–water partition coefficient (Wildman–Crippen LogP) is 3.29. The molecule has 2 heteroatoms. The number of pyridine rings is 2. The lowest BCUT2D eigenvalue weighted by molar-refractivity contribution is 1.10. The maximum Gasteiger partial charge on any atom is 0.0299 e. The first kappa shape index (κ1) is 12.4. The normalized spacial score (nSPS) is 9.12. The fourth-order valence-electron chi connectivity index (χ4n) is 1.23. The van der Waals surface area contributed by atoms with Crippen LogP contribution in [0.2, 0.25) is 0 Å². The van der Waals surface area contributed by atoms with Crippen molar-refractivity contribution < 1.29 is 0 Å². The molecule has 0 radical (unpaired) electrons. The molecule has 2 aromatic rings. The van der Waals surface area contributed by atoms with E-state index in [4.69, 9.17) is 0 Å². The van der Waals surface area contributed by atoms with Gasteiger partial charge in [0.1, 0.15) is 0 Å². The van der Waals surface area contributed by atoms with Crippen LogP contribution < -0.4 is 0 Å². The van der Waals surface area contributed by atoms with E-state index in [0.29, 0.717) is 0 Å². The number of aromatic nitrogens is 2. The van der Waals surface area contributed by atoms with Crippen LogP contribution in [-0.4, -0.2) is 9.97 Å². The monoisotopic (exact) mass is 214 g/mol. The van der Waals surface area contributed by atoms with E-state index in [-0.39, 0.29) is 0 Å². The van der Waals surface area contributed by atoms with Gasteiger partial charge in [0.15, 0.2) is 0 Å². The summed E-state index contributed by atoms with van der Waals surface area (Å²) in [6.07, 6.45) is 9.49. The van der Waals surface area contributed by atoms with Crippen LogP contribution in [0.4, 0.5) is 0 Å². The zero-order valence-electron chi connectivity index (χ0n) is 9.93. The Morgan fingerprint density at radius 2 is 1.50 bits per heavy atom. The van der Waals surface area contributed by atoms with Crippen LogP contribution >= 0.6 is 0 Å². The van der Waals surface area contributed by atoms with E-state index >= 15 is 0 Å². The number of hydrogen-bond acceptors (Lipinski definition) is 2. The molecule has 0 bridgehead atoms. The number of rotatable bonds is 2. The molecular formula is C14H18N2. The fourth-order valence-corrected chi connectivity index (χ4v) is 1.23. The molecule has 0 aliphatic carbocycles. The van der Waals surface area contributed by atoms with Gasteiger partial charge in [0.05, 0.1) is 0 Å². The minimum Gasteiger partial charge on any atom is -0.265 e. The Hall–Kier alpha value is -1.70. The SMILES string of the molecule is CCc1cccnc1.CCc1ccncc1. The third-order valence-electron chi connectivity index (χ3n) is 2.29. The zero-order valence-corrected chi connectivity index (χ0v) is 9.93. The Morgan fingerprint density at radius 3 is 1.88 bits per heavy atom. The Balaban J connectivity index is 0.000000160. The van der Waals surface area contributed by atoms with E-state index in [0.717, 1.165) is 12.8 Å². The summed E-state index contributed by atoms with van der Waals surface area (Å²) in [6.45, 7) is 4.26. The van der Waals surface area contributed by atoms with E-state index in [1.807, 2.05) is 36.8 Å². The smallest absolute Gasteiger partial charge is 0.0299 e. The molecule has 16 heavy (non-hydrogen) atoms. The molecule has 0 aromatic carbocycles. The van der Waals surface area contributed by atoms with Crippen LogP contribution in [0.15, 0.2) is 49.1 Å². The van der Waals surface area contributed by atoms with Crippen molar-refractivity contribution in [2.45, 2.75) is 26.7 Å². The van der Waals surface area contributed by atoms with E-state index in [1.54, 1.807) is 6.20 Å². The molecule has 2 rings (SSSR count). The van der Waals surface area contributed by atoms with Crippen molar-refractivity contribution in [1.29, 1.82) is 0 Å². The highest BCUT2D eigenvalue weighted by molar-refractivity contribution is 5.08. The zero-order chi connectivity index (χ0) is 11.6.